The third kappa shape index (κ3) is 2.31. The first-order valence-corrected chi connectivity index (χ1v) is 7.78. The van der Waals surface area contributed by atoms with Crippen molar-refractivity contribution in [2.75, 3.05) is 6.61 Å². The molecule has 0 atom stereocenters. The number of aryl methyl sites for hydroxylation is 1. The maximum absolute atomic E-state index is 12.7. The lowest BCUT2D eigenvalue weighted by molar-refractivity contribution is 0.0741. The van der Waals surface area contributed by atoms with Gasteiger partial charge in [-0.2, -0.15) is 10.2 Å². The number of aliphatic hydroxyl groups excluding tert-OH is 1. The highest BCUT2D eigenvalue weighted by atomic mass is 16.3. The first-order chi connectivity index (χ1) is 11.7. The summed E-state index contributed by atoms with van der Waals surface area (Å²) in [6, 6.07) is 5.68. The van der Waals surface area contributed by atoms with Crippen molar-refractivity contribution in [1.29, 1.82) is 0 Å². The van der Waals surface area contributed by atoms with Gasteiger partial charge in [-0.15, -0.1) is 0 Å². The Morgan fingerprint density at radius 3 is 3.04 bits per heavy atom. The fraction of sp³-hybridized carbons (Fsp3) is 0.312. The third-order valence-corrected chi connectivity index (χ3v) is 4.35. The molecule has 8 nitrogen and oxygen atoms in total. The van der Waals surface area contributed by atoms with Gasteiger partial charge in [0.15, 0.2) is 0 Å². The predicted molar refractivity (Wildman–Crippen MR) is 85.9 cm³/mol. The Morgan fingerprint density at radius 1 is 1.42 bits per heavy atom. The van der Waals surface area contributed by atoms with E-state index < -0.39 is 0 Å². The van der Waals surface area contributed by atoms with Crippen molar-refractivity contribution < 1.29 is 9.90 Å². The van der Waals surface area contributed by atoms with Gasteiger partial charge < -0.3 is 14.6 Å². The summed E-state index contributed by atoms with van der Waals surface area (Å²) in [7, 11) is 1.94. The van der Waals surface area contributed by atoms with E-state index in [-0.39, 0.29) is 12.5 Å². The lowest BCUT2D eigenvalue weighted by atomic mass is 10.2. The van der Waals surface area contributed by atoms with Crippen LogP contribution < -0.4 is 0 Å². The van der Waals surface area contributed by atoms with Crippen LogP contribution in [0.3, 0.4) is 0 Å². The number of aromatic amines is 1. The van der Waals surface area contributed by atoms with Crippen molar-refractivity contribution in [1.82, 2.24) is 29.4 Å². The number of H-pyrrole nitrogens is 1. The highest BCUT2D eigenvalue weighted by molar-refractivity contribution is 5.93. The monoisotopic (exact) mass is 326 g/mol. The second-order valence-electron chi connectivity index (χ2n) is 5.90. The Balaban J connectivity index is 1.53. The van der Waals surface area contributed by atoms with E-state index in [9.17, 15) is 4.79 Å². The summed E-state index contributed by atoms with van der Waals surface area (Å²) in [4.78, 5) is 14.5. The van der Waals surface area contributed by atoms with E-state index in [4.69, 9.17) is 5.11 Å². The molecule has 3 aromatic heterocycles. The molecule has 0 unspecified atom stereocenters. The van der Waals surface area contributed by atoms with Crippen molar-refractivity contribution in [3.05, 3.63) is 47.5 Å². The van der Waals surface area contributed by atoms with Crippen LogP contribution in [0, 0.1) is 0 Å². The molecule has 0 aliphatic carbocycles. The number of aromatic nitrogens is 5. The molecule has 0 saturated carbocycles. The van der Waals surface area contributed by atoms with Crippen molar-refractivity contribution in [3.8, 4) is 11.4 Å². The zero-order valence-electron chi connectivity index (χ0n) is 13.3. The van der Waals surface area contributed by atoms with Crippen LogP contribution in [-0.4, -0.2) is 47.1 Å². The minimum absolute atomic E-state index is 0.0304. The molecule has 4 heterocycles. The molecule has 1 amide bonds. The van der Waals surface area contributed by atoms with Gasteiger partial charge in [0.25, 0.3) is 5.91 Å². The van der Waals surface area contributed by atoms with Gasteiger partial charge in [-0.25, -0.2) is 0 Å². The standard InChI is InChI=1S/C16H18N6O2/c1-20-4-2-3-14(20)12-7-13(19-18-12)16(24)21-9-11-8-17-22(5-6-23)15(11)10-21/h2-4,7-8,23H,5-6,9-10H2,1H3,(H,18,19). The Hall–Kier alpha value is -2.87. The molecule has 1 aliphatic rings. The van der Waals surface area contributed by atoms with E-state index in [0.717, 1.165) is 22.6 Å². The van der Waals surface area contributed by atoms with Crippen LogP contribution >= 0.6 is 0 Å². The zero-order valence-corrected chi connectivity index (χ0v) is 13.3. The van der Waals surface area contributed by atoms with E-state index in [2.05, 4.69) is 15.3 Å². The number of carbonyl (C=O) groups is 1. The molecule has 8 heteroatoms. The molecule has 2 N–H and O–H groups in total. The number of nitrogens with zero attached hydrogens (tertiary/aromatic N) is 5. The SMILES string of the molecule is Cn1cccc1-c1cc(C(=O)N2Cc3cnn(CCO)c3C2)[nH]n1. The van der Waals surface area contributed by atoms with Gasteiger partial charge in [-0.3, -0.25) is 14.6 Å². The van der Waals surface area contributed by atoms with E-state index in [0.29, 0.717) is 25.3 Å². The lowest BCUT2D eigenvalue weighted by Gasteiger charge is -2.14. The molecule has 124 valence electrons. The van der Waals surface area contributed by atoms with Crippen LogP contribution in [-0.2, 0) is 26.7 Å². The first kappa shape index (κ1) is 14.7. The van der Waals surface area contributed by atoms with Crippen molar-refractivity contribution in [3.63, 3.8) is 0 Å². The molecule has 0 radical (unpaired) electrons. The van der Waals surface area contributed by atoms with E-state index >= 15 is 0 Å². The molecule has 3 aromatic rings. The highest BCUT2D eigenvalue weighted by Gasteiger charge is 2.28. The molecule has 4 rings (SSSR count). The summed E-state index contributed by atoms with van der Waals surface area (Å²) in [6.07, 6.45) is 3.70. The molecular formula is C16H18N6O2. The van der Waals surface area contributed by atoms with Crippen LogP contribution in [0.5, 0.6) is 0 Å². The van der Waals surface area contributed by atoms with E-state index in [1.807, 2.05) is 29.9 Å². The second kappa shape index (κ2) is 5.64. The summed E-state index contributed by atoms with van der Waals surface area (Å²) in [6.45, 7) is 1.49. The lowest BCUT2D eigenvalue weighted by Crippen LogP contribution is -2.26. The molecule has 0 aromatic carbocycles. The van der Waals surface area contributed by atoms with E-state index in [1.165, 1.54) is 0 Å². The molecular weight excluding hydrogens is 308 g/mol. The topological polar surface area (TPSA) is 92.0 Å². The largest absolute Gasteiger partial charge is 0.394 e. The van der Waals surface area contributed by atoms with E-state index in [1.54, 1.807) is 21.8 Å². The molecule has 1 aliphatic heterocycles. The minimum Gasteiger partial charge on any atom is -0.394 e. The third-order valence-electron chi connectivity index (χ3n) is 4.35. The summed E-state index contributed by atoms with van der Waals surface area (Å²) in [5, 5.41) is 20.4. The normalized spacial score (nSPS) is 13.5. The second-order valence-corrected chi connectivity index (χ2v) is 5.90. The Kier molecular flexibility index (Phi) is 3.46. The molecule has 0 saturated heterocycles. The van der Waals surface area contributed by atoms with Crippen LogP contribution in [0.1, 0.15) is 21.7 Å². The van der Waals surface area contributed by atoms with Crippen LogP contribution in [0.15, 0.2) is 30.6 Å². The summed E-state index contributed by atoms with van der Waals surface area (Å²) in [5.74, 6) is -0.0882. The number of amides is 1. The van der Waals surface area contributed by atoms with Gasteiger partial charge in [-0.1, -0.05) is 0 Å². The van der Waals surface area contributed by atoms with Gasteiger partial charge >= 0.3 is 0 Å². The van der Waals surface area contributed by atoms with Crippen LogP contribution in [0.4, 0.5) is 0 Å². The molecule has 0 spiro atoms. The summed E-state index contributed by atoms with van der Waals surface area (Å²) in [5.41, 5.74) is 4.18. The summed E-state index contributed by atoms with van der Waals surface area (Å²) < 4.78 is 3.71. The smallest absolute Gasteiger partial charge is 0.272 e. The maximum atomic E-state index is 12.7. The van der Waals surface area contributed by atoms with Gasteiger partial charge in [0.2, 0.25) is 0 Å². The number of rotatable bonds is 4. The number of carbonyl (C=O) groups excluding carboxylic acids is 1. The minimum atomic E-state index is -0.0882. The Bertz CT molecular complexity index is 890. The van der Waals surface area contributed by atoms with Gasteiger partial charge in [0, 0.05) is 25.4 Å². The number of hydrogen-bond acceptors (Lipinski definition) is 4. The quantitative estimate of drug-likeness (QED) is 0.740. The highest BCUT2D eigenvalue weighted by Crippen LogP contribution is 2.25. The Morgan fingerprint density at radius 2 is 2.29 bits per heavy atom. The van der Waals surface area contributed by atoms with Crippen LogP contribution in [0.25, 0.3) is 11.4 Å². The van der Waals surface area contributed by atoms with Crippen molar-refractivity contribution in [2.45, 2.75) is 19.6 Å². The average Bonchev–Trinajstić information content (AvgIpc) is 3.31. The predicted octanol–water partition coefficient (Wildman–Crippen LogP) is 0.760. The molecule has 0 bridgehead atoms. The fourth-order valence-electron chi connectivity index (χ4n) is 3.10. The fourth-order valence-corrected chi connectivity index (χ4v) is 3.10. The number of fused-ring (bicyclic) bond motifs is 1. The number of nitrogens with one attached hydrogen (secondary N) is 1. The maximum Gasteiger partial charge on any atom is 0.272 e. The molecule has 0 fully saturated rings. The Labute approximate surface area is 138 Å². The van der Waals surface area contributed by atoms with Gasteiger partial charge in [0.05, 0.1) is 37.3 Å². The summed E-state index contributed by atoms with van der Waals surface area (Å²) >= 11 is 0. The van der Waals surface area contributed by atoms with Crippen molar-refractivity contribution >= 4 is 5.91 Å². The average molecular weight is 326 g/mol. The molecule has 24 heavy (non-hydrogen) atoms. The van der Waals surface area contributed by atoms with Gasteiger partial charge in [0.1, 0.15) is 11.4 Å². The zero-order chi connectivity index (χ0) is 16.7. The number of hydrogen-bond donors (Lipinski definition) is 2. The first-order valence-electron chi connectivity index (χ1n) is 7.78. The van der Waals surface area contributed by atoms with Crippen LogP contribution in [0.2, 0.25) is 0 Å². The van der Waals surface area contributed by atoms with Crippen molar-refractivity contribution in [2.24, 2.45) is 7.05 Å². The van der Waals surface area contributed by atoms with Gasteiger partial charge in [-0.05, 0) is 18.2 Å². The number of aliphatic hydroxyl groups is 1.